The Balaban J connectivity index is 1.86. The summed E-state index contributed by atoms with van der Waals surface area (Å²) in [5, 5.41) is 7.93. The second-order valence-corrected chi connectivity index (χ2v) is 11.7. The van der Waals surface area contributed by atoms with Crippen LogP contribution in [0.4, 0.5) is 5.82 Å². The number of hydrogen-bond acceptors (Lipinski definition) is 3. The molecule has 1 heterocycles. The van der Waals surface area contributed by atoms with Gasteiger partial charge in [-0.15, -0.1) is 0 Å². The fraction of sp³-hybridized carbons (Fsp3) is 0.469. The highest BCUT2D eigenvalue weighted by atomic mass is 16.2. The maximum absolute atomic E-state index is 13.4. The lowest BCUT2D eigenvalue weighted by Crippen LogP contribution is -2.40. The monoisotopic (exact) mass is 516 g/mol. The van der Waals surface area contributed by atoms with E-state index in [1.807, 2.05) is 47.1 Å². The van der Waals surface area contributed by atoms with Gasteiger partial charge >= 0.3 is 0 Å². The van der Waals surface area contributed by atoms with Crippen LogP contribution in [0.1, 0.15) is 87.1 Å². The van der Waals surface area contributed by atoms with E-state index in [1.54, 1.807) is 4.90 Å². The topological polar surface area (TPSA) is 67.2 Å². The first-order chi connectivity index (χ1) is 17.9. The van der Waals surface area contributed by atoms with E-state index in [-0.39, 0.29) is 29.7 Å². The molecule has 0 aliphatic rings. The third kappa shape index (κ3) is 7.33. The molecule has 0 radical (unpaired) electrons. The van der Waals surface area contributed by atoms with Crippen LogP contribution in [-0.4, -0.2) is 39.6 Å². The van der Waals surface area contributed by atoms with Crippen molar-refractivity contribution in [3.63, 3.8) is 0 Å². The molecule has 0 saturated heterocycles. The molecule has 3 aromatic rings. The fourth-order valence-corrected chi connectivity index (χ4v) is 4.38. The van der Waals surface area contributed by atoms with Crippen molar-refractivity contribution in [2.75, 3.05) is 18.4 Å². The smallest absolute Gasteiger partial charge is 0.254 e. The quantitative estimate of drug-likeness (QED) is 0.320. The molecule has 38 heavy (non-hydrogen) atoms. The van der Waals surface area contributed by atoms with Gasteiger partial charge in [-0.3, -0.25) is 9.59 Å². The first-order valence-corrected chi connectivity index (χ1v) is 13.8. The molecule has 6 nitrogen and oxygen atoms in total. The van der Waals surface area contributed by atoms with Gasteiger partial charge in [0.15, 0.2) is 0 Å². The summed E-state index contributed by atoms with van der Waals surface area (Å²) < 4.78 is 1.81. The maximum Gasteiger partial charge on any atom is 0.254 e. The minimum absolute atomic E-state index is 0.0303. The highest BCUT2D eigenvalue weighted by molar-refractivity contribution is 5.99. The predicted octanol–water partition coefficient (Wildman–Crippen LogP) is 6.87. The Morgan fingerprint density at radius 3 is 2.34 bits per heavy atom. The molecule has 0 spiro atoms. The van der Waals surface area contributed by atoms with Crippen LogP contribution in [0.2, 0.25) is 0 Å². The van der Waals surface area contributed by atoms with Crippen LogP contribution in [0.5, 0.6) is 0 Å². The first kappa shape index (κ1) is 29.2. The Bertz CT molecular complexity index is 1250. The number of hydrogen-bond donors (Lipinski definition) is 1. The Labute approximate surface area is 228 Å². The van der Waals surface area contributed by atoms with Gasteiger partial charge in [0.05, 0.1) is 11.4 Å². The van der Waals surface area contributed by atoms with E-state index in [9.17, 15) is 9.59 Å². The number of aryl methyl sites for hydroxylation is 2. The number of carbonyl (C=O) groups excluding carboxylic acids is 2. The van der Waals surface area contributed by atoms with E-state index < -0.39 is 0 Å². The van der Waals surface area contributed by atoms with Gasteiger partial charge in [0.2, 0.25) is 5.91 Å². The van der Waals surface area contributed by atoms with Crippen LogP contribution in [0.25, 0.3) is 5.69 Å². The van der Waals surface area contributed by atoms with Crippen molar-refractivity contribution in [1.29, 1.82) is 0 Å². The van der Waals surface area contributed by atoms with Crippen LogP contribution in [0, 0.1) is 19.8 Å². The zero-order chi connectivity index (χ0) is 28.0. The molecule has 6 heteroatoms. The molecular formula is C32H44N4O2. The molecule has 0 unspecified atom stereocenters. The Morgan fingerprint density at radius 1 is 1.05 bits per heavy atom. The molecule has 204 valence electrons. The van der Waals surface area contributed by atoms with E-state index in [4.69, 9.17) is 5.10 Å². The van der Waals surface area contributed by atoms with Crippen molar-refractivity contribution in [3.05, 3.63) is 76.5 Å². The molecule has 2 aromatic carbocycles. The van der Waals surface area contributed by atoms with E-state index in [0.29, 0.717) is 17.9 Å². The number of nitrogens with one attached hydrogen (secondary N) is 1. The summed E-state index contributed by atoms with van der Waals surface area (Å²) in [4.78, 5) is 28.4. The van der Waals surface area contributed by atoms with Gasteiger partial charge in [-0.1, -0.05) is 72.2 Å². The molecule has 3 rings (SSSR count). The number of rotatable bonds is 10. The Kier molecular flexibility index (Phi) is 9.53. The Hall–Kier alpha value is -3.41. The zero-order valence-corrected chi connectivity index (χ0v) is 24.4. The Morgan fingerprint density at radius 2 is 1.74 bits per heavy atom. The fourth-order valence-electron chi connectivity index (χ4n) is 4.38. The summed E-state index contributed by atoms with van der Waals surface area (Å²) in [6, 6.07) is 15.8. The molecule has 2 amide bonds. The first-order valence-electron chi connectivity index (χ1n) is 13.8. The van der Waals surface area contributed by atoms with Gasteiger partial charge in [-0.2, -0.15) is 5.10 Å². The highest BCUT2D eigenvalue weighted by Gasteiger charge is 2.24. The maximum atomic E-state index is 13.4. The second-order valence-electron chi connectivity index (χ2n) is 11.7. The summed E-state index contributed by atoms with van der Waals surface area (Å²) in [6.07, 6.45) is 3.27. The molecule has 0 bridgehead atoms. The molecule has 0 saturated carbocycles. The molecule has 0 atom stereocenters. The lowest BCUT2D eigenvalue weighted by atomic mass is 9.92. The van der Waals surface area contributed by atoms with Crippen LogP contribution in [-0.2, 0) is 16.6 Å². The van der Waals surface area contributed by atoms with E-state index in [0.717, 1.165) is 41.8 Å². The van der Waals surface area contributed by atoms with Gasteiger partial charge in [-0.25, -0.2) is 4.68 Å². The SMILES string of the molecule is CCCCc1ccc(C(=O)N(CC(=O)Nc2cc(C(C)(C)C)nn2-c2cccc(C)c2C)CC(C)C)cc1. The number of amides is 2. The number of nitrogens with zero attached hydrogens (tertiary/aromatic N) is 3. The van der Waals surface area contributed by atoms with Gasteiger partial charge in [-0.05, 0) is 67.5 Å². The standard InChI is InChI=1S/C32H44N4O2/c1-9-10-13-25-15-17-26(18-16-25)31(38)35(20-22(2)3)21-30(37)33-29-19-28(32(6,7)8)34-36(29)27-14-11-12-23(4)24(27)5/h11-12,14-19,22H,9-10,13,20-21H2,1-8H3,(H,33,37). The summed E-state index contributed by atoms with van der Waals surface area (Å²) in [5.74, 6) is 0.453. The van der Waals surface area contributed by atoms with E-state index in [2.05, 4.69) is 66.8 Å². The van der Waals surface area contributed by atoms with E-state index >= 15 is 0 Å². The molecule has 1 N–H and O–H groups in total. The van der Waals surface area contributed by atoms with Crippen molar-refractivity contribution < 1.29 is 9.59 Å². The minimum atomic E-state index is -0.245. The highest BCUT2D eigenvalue weighted by Crippen LogP contribution is 2.28. The minimum Gasteiger partial charge on any atom is -0.329 e. The number of unbranched alkanes of at least 4 members (excludes halogenated alkanes) is 1. The molecule has 0 aliphatic heterocycles. The summed E-state index contributed by atoms with van der Waals surface area (Å²) >= 11 is 0. The third-order valence-electron chi connectivity index (χ3n) is 6.78. The third-order valence-corrected chi connectivity index (χ3v) is 6.78. The van der Waals surface area contributed by atoms with Gasteiger partial charge in [0.25, 0.3) is 5.91 Å². The average Bonchev–Trinajstić information content (AvgIpc) is 3.27. The van der Waals surface area contributed by atoms with Crippen LogP contribution in [0.3, 0.4) is 0 Å². The number of benzene rings is 2. The van der Waals surface area contributed by atoms with Crippen LogP contribution in [0.15, 0.2) is 48.5 Å². The summed E-state index contributed by atoms with van der Waals surface area (Å²) in [7, 11) is 0. The van der Waals surface area contributed by atoms with Crippen molar-refractivity contribution in [2.24, 2.45) is 5.92 Å². The molecular weight excluding hydrogens is 472 g/mol. The second kappa shape index (κ2) is 12.4. The normalized spacial score (nSPS) is 11.6. The lowest BCUT2D eigenvalue weighted by Gasteiger charge is -2.24. The number of anilines is 1. The van der Waals surface area contributed by atoms with Gasteiger partial charge in [0.1, 0.15) is 12.4 Å². The van der Waals surface area contributed by atoms with Crippen molar-refractivity contribution in [3.8, 4) is 5.69 Å². The predicted molar refractivity (Wildman–Crippen MR) is 156 cm³/mol. The summed E-state index contributed by atoms with van der Waals surface area (Å²) in [6.45, 7) is 17.2. The lowest BCUT2D eigenvalue weighted by molar-refractivity contribution is -0.117. The van der Waals surface area contributed by atoms with Crippen molar-refractivity contribution in [1.82, 2.24) is 14.7 Å². The molecule has 0 fully saturated rings. The number of carbonyl (C=O) groups is 2. The molecule has 0 aliphatic carbocycles. The average molecular weight is 517 g/mol. The van der Waals surface area contributed by atoms with Crippen molar-refractivity contribution in [2.45, 2.75) is 80.1 Å². The van der Waals surface area contributed by atoms with Gasteiger partial charge in [0, 0.05) is 23.6 Å². The zero-order valence-electron chi connectivity index (χ0n) is 24.4. The van der Waals surface area contributed by atoms with Crippen LogP contribution < -0.4 is 5.32 Å². The molecule has 1 aromatic heterocycles. The summed E-state index contributed by atoms with van der Waals surface area (Å²) in [5.41, 5.74) is 5.71. The number of aromatic nitrogens is 2. The van der Waals surface area contributed by atoms with Crippen LogP contribution >= 0.6 is 0 Å². The largest absolute Gasteiger partial charge is 0.329 e. The van der Waals surface area contributed by atoms with Gasteiger partial charge < -0.3 is 10.2 Å². The van der Waals surface area contributed by atoms with E-state index in [1.165, 1.54) is 5.56 Å². The van der Waals surface area contributed by atoms with Crippen molar-refractivity contribution >= 4 is 17.6 Å².